The lowest BCUT2D eigenvalue weighted by Crippen LogP contribution is -2.20. The van der Waals surface area contributed by atoms with Gasteiger partial charge in [-0.25, -0.2) is 0 Å². The Morgan fingerprint density at radius 1 is 0.842 bits per heavy atom. The Balaban J connectivity index is 2.29. The lowest BCUT2D eigenvalue weighted by atomic mass is 9.83. The molecule has 0 saturated heterocycles. The van der Waals surface area contributed by atoms with Crippen molar-refractivity contribution in [3.8, 4) is 5.75 Å². The Hall–Kier alpha value is -2.68. The highest BCUT2D eigenvalue weighted by Gasteiger charge is 2.29. The van der Waals surface area contributed by atoms with Crippen LogP contribution in [0.1, 0.15) is 37.4 Å². The molecule has 2 aromatic rings. The van der Waals surface area contributed by atoms with Crippen LogP contribution in [0.15, 0.2) is 43.0 Å². The van der Waals surface area contributed by atoms with Crippen molar-refractivity contribution in [3.05, 3.63) is 70.8 Å². The summed E-state index contributed by atoms with van der Waals surface area (Å²) in [6.07, 6.45) is 1.63. The van der Waals surface area contributed by atoms with Crippen molar-refractivity contribution in [2.45, 2.75) is 0 Å². The molecule has 3 rings (SSSR count). The van der Waals surface area contributed by atoms with Gasteiger partial charge in [0.25, 0.3) is 0 Å². The zero-order chi connectivity index (χ0) is 13.6. The van der Waals surface area contributed by atoms with Crippen molar-refractivity contribution in [1.82, 2.24) is 0 Å². The molecule has 92 valence electrons. The molecule has 0 radical (unpaired) electrons. The van der Waals surface area contributed by atoms with Crippen LogP contribution in [-0.2, 0) is 0 Å². The maximum Gasteiger partial charge on any atom is 0.194 e. The third kappa shape index (κ3) is 1.59. The van der Waals surface area contributed by atoms with Crippen molar-refractivity contribution in [2.75, 3.05) is 0 Å². The predicted octanol–water partition coefficient (Wildman–Crippen LogP) is 2.81. The molecule has 0 aromatic heterocycles. The molecule has 19 heavy (non-hydrogen) atoms. The smallest absolute Gasteiger partial charge is 0.194 e. The van der Waals surface area contributed by atoms with Crippen molar-refractivity contribution in [3.63, 3.8) is 0 Å². The van der Waals surface area contributed by atoms with Gasteiger partial charge in [0.05, 0.1) is 0 Å². The van der Waals surface area contributed by atoms with Gasteiger partial charge in [0.2, 0.25) is 0 Å². The van der Waals surface area contributed by atoms with Crippen LogP contribution in [-0.4, -0.2) is 16.7 Å². The van der Waals surface area contributed by atoms with Gasteiger partial charge in [-0.05, 0) is 35.9 Å². The van der Waals surface area contributed by atoms with E-state index in [1.54, 1.807) is 24.3 Å². The van der Waals surface area contributed by atoms with E-state index in [-0.39, 0.29) is 22.9 Å². The van der Waals surface area contributed by atoms with Gasteiger partial charge in [0.1, 0.15) is 5.75 Å². The van der Waals surface area contributed by atoms with E-state index in [2.05, 4.69) is 6.58 Å². The van der Waals surface area contributed by atoms with Gasteiger partial charge in [-0.1, -0.05) is 18.7 Å². The van der Waals surface area contributed by atoms with Crippen molar-refractivity contribution in [2.24, 2.45) is 0 Å². The van der Waals surface area contributed by atoms with E-state index in [1.165, 1.54) is 18.2 Å². The van der Waals surface area contributed by atoms with E-state index in [1.807, 2.05) is 0 Å². The molecule has 1 aliphatic carbocycles. The fraction of sp³-hybridized carbons (Fsp3) is 0. The van der Waals surface area contributed by atoms with E-state index in [9.17, 15) is 14.7 Å². The van der Waals surface area contributed by atoms with Crippen LogP contribution in [0.4, 0.5) is 0 Å². The van der Waals surface area contributed by atoms with Crippen LogP contribution in [0.5, 0.6) is 5.75 Å². The molecule has 0 amide bonds. The van der Waals surface area contributed by atoms with Crippen LogP contribution in [0.25, 0.3) is 6.08 Å². The van der Waals surface area contributed by atoms with E-state index in [0.29, 0.717) is 16.7 Å². The summed E-state index contributed by atoms with van der Waals surface area (Å²) in [6.45, 7) is 3.65. The summed E-state index contributed by atoms with van der Waals surface area (Å²) in [5, 5.41) is 9.45. The van der Waals surface area contributed by atoms with Gasteiger partial charge >= 0.3 is 0 Å². The van der Waals surface area contributed by atoms with E-state index >= 15 is 0 Å². The summed E-state index contributed by atoms with van der Waals surface area (Å²) in [6, 6.07) is 9.25. The molecule has 0 bridgehead atoms. The molecule has 0 unspecified atom stereocenters. The second-order valence-corrected chi connectivity index (χ2v) is 4.40. The largest absolute Gasteiger partial charge is 0.508 e. The first-order valence-corrected chi connectivity index (χ1v) is 5.80. The Bertz CT molecular complexity index is 742. The number of phenolic OH excluding ortho intramolecular Hbond substituents is 1. The van der Waals surface area contributed by atoms with Crippen LogP contribution in [0, 0.1) is 0 Å². The maximum atomic E-state index is 12.4. The number of rotatable bonds is 1. The van der Waals surface area contributed by atoms with Crippen molar-refractivity contribution in [1.29, 1.82) is 0 Å². The molecule has 0 saturated carbocycles. The van der Waals surface area contributed by atoms with Gasteiger partial charge < -0.3 is 5.11 Å². The third-order valence-corrected chi connectivity index (χ3v) is 3.26. The Kier molecular flexibility index (Phi) is 2.35. The molecule has 0 fully saturated rings. The fourth-order valence-corrected chi connectivity index (χ4v) is 2.28. The highest BCUT2D eigenvalue weighted by molar-refractivity contribution is 6.28. The van der Waals surface area contributed by atoms with Crippen molar-refractivity contribution < 1.29 is 14.7 Å². The summed E-state index contributed by atoms with van der Waals surface area (Å²) >= 11 is 0. The van der Waals surface area contributed by atoms with Crippen molar-refractivity contribution >= 4 is 17.6 Å². The van der Waals surface area contributed by atoms with Crippen LogP contribution in [0.2, 0.25) is 0 Å². The molecule has 2 aromatic carbocycles. The highest BCUT2D eigenvalue weighted by atomic mass is 16.3. The molecule has 0 spiro atoms. The topological polar surface area (TPSA) is 54.4 Å². The van der Waals surface area contributed by atoms with E-state index in [4.69, 9.17) is 0 Å². The number of benzene rings is 2. The minimum Gasteiger partial charge on any atom is -0.508 e. The number of hydrogen-bond acceptors (Lipinski definition) is 3. The van der Waals surface area contributed by atoms with Gasteiger partial charge in [-0.3, -0.25) is 9.59 Å². The average molecular weight is 250 g/mol. The van der Waals surface area contributed by atoms with Crippen LogP contribution in [0.3, 0.4) is 0 Å². The predicted molar refractivity (Wildman–Crippen MR) is 71.5 cm³/mol. The molecule has 1 N–H and O–H groups in total. The third-order valence-electron chi connectivity index (χ3n) is 3.26. The first-order chi connectivity index (χ1) is 9.11. The van der Waals surface area contributed by atoms with E-state index < -0.39 is 0 Å². The number of hydrogen-bond donors (Lipinski definition) is 1. The lowest BCUT2D eigenvalue weighted by Gasteiger charge is -2.17. The van der Waals surface area contributed by atoms with Crippen LogP contribution < -0.4 is 0 Å². The number of carbonyl (C=O) groups excluding carboxylic acids is 2. The summed E-state index contributed by atoms with van der Waals surface area (Å²) in [5.41, 5.74) is 2.14. The average Bonchev–Trinajstić information content (AvgIpc) is 2.44. The van der Waals surface area contributed by atoms with Gasteiger partial charge in [0, 0.05) is 22.3 Å². The molecule has 0 heterocycles. The molecule has 3 heteroatoms. The summed E-state index contributed by atoms with van der Waals surface area (Å²) in [7, 11) is 0. The summed E-state index contributed by atoms with van der Waals surface area (Å²) in [4.78, 5) is 24.7. The molecular formula is C16H10O3. The summed E-state index contributed by atoms with van der Waals surface area (Å²) < 4.78 is 0. The summed E-state index contributed by atoms with van der Waals surface area (Å²) in [5.74, 6) is -0.463. The number of aromatic hydroxyl groups is 1. The molecule has 1 aliphatic rings. The van der Waals surface area contributed by atoms with Gasteiger partial charge in [0.15, 0.2) is 11.6 Å². The minimum absolute atomic E-state index is 0.0222. The van der Waals surface area contributed by atoms with E-state index in [0.717, 1.165) is 5.56 Å². The lowest BCUT2D eigenvalue weighted by molar-refractivity contribution is 0.0979. The Labute approximate surface area is 109 Å². The molecular weight excluding hydrogens is 240 g/mol. The van der Waals surface area contributed by atoms with Crippen LogP contribution >= 0.6 is 0 Å². The first kappa shape index (κ1) is 11.4. The maximum absolute atomic E-state index is 12.4. The monoisotopic (exact) mass is 250 g/mol. The first-order valence-electron chi connectivity index (χ1n) is 5.80. The number of ketones is 2. The quantitative estimate of drug-likeness (QED) is 0.722. The Morgan fingerprint density at radius 2 is 1.42 bits per heavy atom. The zero-order valence-electron chi connectivity index (χ0n) is 10.0. The standard InChI is InChI=1S/C16H10O3/c1-2-9-3-5-11-13(7-9)15(18)12-6-4-10(17)8-14(12)16(11)19/h2-8,17H,1H2. The minimum atomic E-state index is -0.240. The fourth-order valence-electron chi connectivity index (χ4n) is 2.28. The number of fused-ring (bicyclic) bond motifs is 2. The normalized spacial score (nSPS) is 12.8. The SMILES string of the molecule is C=Cc1ccc2c(c1)C(=O)c1ccc(O)cc1C2=O. The number of carbonyl (C=O) groups is 2. The van der Waals surface area contributed by atoms with Gasteiger partial charge in [-0.15, -0.1) is 0 Å². The van der Waals surface area contributed by atoms with Gasteiger partial charge in [-0.2, -0.15) is 0 Å². The molecule has 0 aliphatic heterocycles. The second kappa shape index (κ2) is 3.92. The number of phenols is 1. The zero-order valence-corrected chi connectivity index (χ0v) is 10.0. The molecule has 3 nitrogen and oxygen atoms in total. The Morgan fingerprint density at radius 3 is 2.05 bits per heavy atom. The highest BCUT2D eigenvalue weighted by Crippen LogP contribution is 2.30. The molecule has 0 atom stereocenters. The second-order valence-electron chi connectivity index (χ2n) is 4.40.